The van der Waals surface area contributed by atoms with Crippen LogP contribution in [0.3, 0.4) is 0 Å². The van der Waals surface area contributed by atoms with Crippen LogP contribution >= 0.6 is 23.4 Å². The molecule has 0 spiro atoms. The van der Waals surface area contributed by atoms with Gasteiger partial charge >= 0.3 is 0 Å². The predicted octanol–water partition coefficient (Wildman–Crippen LogP) is 2.45. The molecule has 3 heterocycles. The number of aromatic nitrogens is 2. The van der Waals surface area contributed by atoms with Gasteiger partial charge in [-0.05, 0) is 30.8 Å². The molecule has 1 atom stereocenters. The minimum Gasteiger partial charge on any atom is -0.393 e. The van der Waals surface area contributed by atoms with Gasteiger partial charge in [-0.25, -0.2) is 4.98 Å². The molecule has 5 heteroatoms. The standard InChI is InChI=1S/C12H17ClN2OS/c13-11-10-7-9(16)1-4-15(10)12(14-11)8-2-5-17-6-3-8/h8-9,16H,1-7H2. The Morgan fingerprint density at radius 1 is 1.29 bits per heavy atom. The highest BCUT2D eigenvalue weighted by atomic mass is 35.5. The molecule has 1 fully saturated rings. The fourth-order valence-electron chi connectivity index (χ4n) is 2.79. The van der Waals surface area contributed by atoms with Crippen molar-refractivity contribution in [3.63, 3.8) is 0 Å². The van der Waals surface area contributed by atoms with Gasteiger partial charge in [0.25, 0.3) is 0 Å². The van der Waals surface area contributed by atoms with Gasteiger partial charge in [0, 0.05) is 18.9 Å². The lowest BCUT2D eigenvalue weighted by Crippen LogP contribution is -2.25. The molecule has 1 aromatic heterocycles. The van der Waals surface area contributed by atoms with Crippen molar-refractivity contribution in [2.24, 2.45) is 0 Å². The molecule has 2 aliphatic heterocycles. The van der Waals surface area contributed by atoms with Crippen molar-refractivity contribution in [1.82, 2.24) is 9.55 Å². The summed E-state index contributed by atoms with van der Waals surface area (Å²) in [5, 5.41) is 10.3. The van der Waals surface area contributed by atoms with E-state index in [4.69, 9.17) is 11.6 Å². The van der Waals surface area contributed by atoms with Gasteiger partial charge in [-0.2, -0.15) is 11.8 Å². The summed E-state index contributed by atoms with van der Waals surface area (Å²) >= 11 is 8.23. The summed E-state index contributed by atoms with van der Waals surface area (Å²) in [4.78, 5) is 4.56. The van der Waals surface area contributed by atoms with E-state index < -0.39 is 0 Å². The molecule has 1 aromatic rings. The number of aliphatic hydroxyl groups excluding tert-OH is 1. The topological polar surface area (TPSA) is 38.0 Å². The maximum Gasteiger partial charge on any atom is 0.150 e. The van der Waals surface area contributed by atoms with Crippen molar-refractivity contribution < 1.29 is 5.11 Å². The van der Waals surface area contributed by atoms with Gasteiger partial charge in [-0.15, -0.1) is 0 Å². The molecule has 0 aromatic carbocycles. The van der Waals surface area contributed by atoms with Gasteiger partial charge in [-0.1, -0.05) is 11.6 Å². The molecule has 1 saturated heterocycles. The van der Waals surface area contributed by atoms with E-state index in [0.717, 1.165) is 24.5 Å². The minimum absolute atomic E-state index is 0.244. The average Bonchev–Trinajstić information content (AvgIpc) is 2.68. The van der Waals surface area contributed by atoms with E-state index in [1.807, 2.05) is 11.8 Å². The molecule has 0 aliphatic carbocycles. The largest absolute Gasteiger partial charge is 0.393 e. The molecular formula is C12H17ClN2OS. The SMILES string of the molecule is OC1CCn2c(C3CCSCC3)nc(Cl)c2C1. The molecule has 0 radical (unpaired) electrons. The number of aliphatic hydroxyl groups is 1. The van der Waals surface area contributed by atoms with E-state index >= 15 is 0 Å². The van der Waals surface area contributed by atoms with Crippen molar-refractivity contribution in [2.75, 3.05) is 11.5 Å². The number of hydrogen-bond donors (Lipinski definition) is 1. The zero-order chi connectivity index (χ0) is 11.8. The third kappa shape index (κ3) is 2.23. The van der Waals surface area contributed by atoms with Gasteiger partial charge in [0.1, 0.15) is 5.82 Å². The highest BCUT2D eigenvalue weighted by Gasteiger charge is 2.28. The smallest absolute Gasteiger partial charge is 0.150 e. The molecule has 2 aliphatic rings. The maximum absolute atomic E-state index is 9.70. The van der Waals surface area contributed by atoms with E-state index in [-0.39, 0.29) is 6.10 Å². The Balaban J connectivity index is 1.92. The fraction of sp³-hybridized carbons (Fsp3) is 0.750. The number of thioether (sulfide) groups is 1. The van der Waals surface area contributed by atoms with E-state index in [1.165, 1.54) is 24.3 Å². The third-order valence-corrected chi connectivity index (χ3v) is 5.11. The second kappa shape index (κ2) is 4.82. The van der Waals surface area contributed by atoms with E-state index in [1.54, 1.807) is 0 Å². The van der Waals surface area contributed by atoms with E-state index in [9.17, 15) is 5.11 Å². The van der Waals surface area contributed by atoms with Gasteiger partial charge < -0.3 is 9.67 Å². The lowest BCUT2D eigenvalue weighted by atomic mass is 10.0. The van der Waals surface area contributed by atoms with E-state index in [2.05, 4.69) is 9.55 Å². The number of halogens is 1. The normalized spacial score (nSPS) is 25.9. The summed E-state index contributed by atoms with van der Waals surface area (Å²) in [5.74, 6) is 4.19. The Bertz CT molecular complexity index is 415. The molecule has 3 rings (SSSR count). The fourth-order valence-corrected chi connectivity index (χ4v) is 4.16. The zero-order valence-electron chi connectivity index (χ0n) is 9.73. The molecule has 0 bridgehead atoms. The molecule has 0 amide bonds. The van der Waals surface area contributed by atoms with Gasteiger partial charge in [-0.3, -0.25) is 0 Å². The van der Waals surface area contributed by atoms with Crippen molar-refractivity contribution in [3.8, 4) is 0 Å². The van der Waals surface area contributed by atoms with Crippen LogP contribution in [0.2, 0.25) is 5.15 Å². The Morgan fingerprint density at radius 3 is 2.82 bits per heavy atom. The maximum atomic E-state index is 9.70. The van der Waals surface area contributed by atoms with Crippen LogP contribution in [0.25, 0.3) is 0 Å². The monoisotopic (exact) mass is 272 g/mol. The van der Waals surface area contributed by atoms with Crippen molar-refractivity contribution in [1.29, 1.82) is 0 Å². The van der Waals surface area contributed by atoms with Gasteiger partial charge in [0.05, 0.1) is 11.8 Å². The Kier molecular flexibility index (Phi) is 3.37. The van der Waals surface area contributed by atoms with Crippen LogP contribution in [-0.2, 0) is 13.0 Å². The summed E-state index contributed by atoms with van der Waals surface area (Å²) in [6, 6.07) is 0. The van der Waals surface area contributed by atoms with Crippen LogP contribution < -0.4 is 0 Å². The lowest BCUT2D eigenvalue weighted by Gasteiger charge is -2.25. The van der Waals surface area contributed by atoms with Crippen LogP contribution in [-0.4, -0.2) is 32.3 Å². The first-order chi connectivity index (χ1) is 8.25. The lowest BCUT2D eigenvalue weighted by molar-refractivity contribution is 0.142. The zero-order valence-corrected chi connectivity index (χ0v) is 11.3. The van der Waals surface area contributed by atoms with Crippen molar-refractivity contribution in [3.05, 3.63) is 16.7 Å². The van der Waals surface area contributed by atoms with Gasteiger partial charge in [0.2, 0.25) is 0 Å². The van der Waals surface area contributed by atoms with Gasteiger partial charge in [0.15, 0.2) is 5.15 Å². The second-order valence-corrected chi connectivity index (χ2v) is 6.48. The first-order valence-electron chi connectivity index (χ1n) is 6.26. The molecule has 1 N–H and O–H groups in total. The van der Waals surface area contributed by atoms with Crippen LogP contribution in [0.15, 0.2) is 0 Å². The Labute approximate surface area is 111 Å². The summed E-state index contributed by atoms with van der Waals surface area (Å²) in [5.41, 5.74) is 1.04. The number of fused-ring (bicyclic) bond motifs is 1. The van der Waals surface area contributed by atoms with Crippen molar-refractivity contribution in [2.45, 2.75) is 44.2 Å². The minimum atomic E-state index is -0.244. The van der Waals surface area contributed by atoms with Crippen LogP contribution in [0, 0.1) is 0 Å². The highest BCUT2D eigenvalue weighted by molar-refractivity contribution is 7.99. The average molecular weight is 273 g/mol. The molecule has 17 heavy (non-hydrogen) atoms. The summed E-state index contributed by atoms with van der Waals surface area (Å²) in [7, 11) is 0. The summed E-state index contributed by atoms with van der Waals surface area (Å²) in [6.45, 7) is 0.870. The Morgan fingerprint density at radius 2 is 2.06 bits per heavy atom. The molecule has 0 saturated carbocycles. The molecule has 94 valence electrons. The predicted molar refractivity (Wildman–Crippen MR) is 70.9 cm³/mol. The second-order valence-electron chi connectivity index (χ2n) is 4.89. The number of imidazole rings is 1. The highest BCUT2D eigenvalue weighted by Crippen LogP contribution is 2.35. The summed E-state index contributed by atoms with van der Waals surface area (Å²) < 4.78 is 2.26. The quantitative estimate of drug-likeness (QED) is 0.853. The number of nitrogens with zero attached hydrogens (tertiary/aromatic N) is 2. The molecular weight excluding hydrogens is 256 g/mol. The molecule has 1 unspecified atom stereocenters. The van der Waals surface area contributed by atoms with E-state index in [0.29, 0.717) is 17.5 Å². The number of hydrogen-bond acceptors (Lipinski definition) is 3. The number of rotatable bonds is 1. The van der Waals surface area contributed by atoms with Crippen molar-refractivity contribution >= 4 is 23.4 Å². The first kappa shape index (κ1) is 11.9. The van der Waals surface area contributed by atoms with Crippen LogP contribution in [0.1, 0.15) is 36.7 Å². The summed E-state index contributed by atoms with van der Waals surface area (Å²) in [6.07, 6.45) is 3.66. The molecule has 3 nitrogen and oxygen atoms in total. The first-order valence-corrected chi connectivity index (χ1v) is 7.79. The Hall–Kier alpha value is -0.190. The van der Waals surface area contributed by atoms with Crippen LogP contribution in [0.5, 0.6) is 0 Å². The van der Waals surface area contributed by atoms with Crippen LogP contribution in [0.4, 0.5) is 0 Å². The third-order valence-electron chi connectivity index (χ3n) is 3.75.